The van der Waals surface area contributed by atoms with Crippen LogP contribution in [0.2, 0.25) is 0 Å². The zero-order valence-electron chi connectivity index (χ0n) is 17.2. The summed E-state index contributed by atoms with van der Waals surface area (Å²) < 4.78 is 20.3. The second kappa shape index (κ2) is 8.77. The number of hydrogen-bond donors (Lipinski definition) is 3. The third-order valence-electron chi connectivity index (χ3n) is 4.65. The van der Waals surface area contributed by atoms with Crippen molar-refractivity contribution in [3.8, 4) is 0 Å². The molecule has 0 aliphatic carbocycles. The summed E-state index contributed by atoms with van der Waals surface area (Å²) in [5.41, 5.74) is 6.00. The average Bonchev–Trinajstić information content (AvgIpc) is 2.55. The van der Waals surface area contributed by atoms with Crippen molar-refractivity contribution >= 4 is 17.6 Å². The van der Waals surface area contributed by atoms with Crippen LogP contribution >= 0.6 is 0 Å². The Balaban J connectivity index is 1.97. The van der Waals surface area contributed by atoms with Crippen LogP contribution in [0.3, 0.4) is 0 Å². The molecule has 3 atom stereocenters. The van der Waals surface area contributed by atoms with Crippen molar-refractivity contribution in [2.45, 2.75) is 59.4 Å². The van der Waals surface area contributed by atoms with Crippen LogP contribution in [0.15, 0.2) is 18.2 Å². The first-order valence-corrected chi connectivity index (χ1v) is 9.50. The van der Waals surface area contributed by atoms with Crippen LogP contribution in [0.4, 0.5) is 14.9 Å². The molecule has 1 fully saturated rings. The average molecular weight is 394 g/mol. The Morgan fingerprint density at radius 1 is 1.29 bits per heavy atom. The van der Waals surface area contributed by atoms with E-state index in [0.717, 1.165) is 0 Å². The van der Waals surface area contributed by atoms with E-state index >= 15 is 0 Å². The van der Waals surface area contributed by atoms with Crippen molar-refractivity contribution < 1.29 is 18.7 Å². The van der Waals surface area contributed by atoms with Crippen molar-refractivity contribution in [3.63, 3.8) is 0 Å². The second-order valence-corrected chi connectivity index (χ2v) is 8.48. The summed E-state index contributed by atoms with van der Waals surface area (Å²) in [5, 5.41) is 5.21. The van der Waals surface area contributed by atoms with E-state index < -0.39 is 23.4 Å². The van der Waals surface area contributed by atoms with Gasteiger partial charge in [-0.3, -0.25) is 4.79 Å². The summed E-state index contributed by atoms with van der Waals surface area (Å²) in [6.07, 6.45) is 0.0726. The highest BCUT2D eigenvalue weighted by molar-refractivity contribution is 5.86. The van der Waals surface area contributed by atoms with Gasteiger partial charge in [0.15, 0.2) is 0 Å². The molecule has 0 unspecified atom stereocenters. The molecular formula is C20H31FN4O3. The number of nitrogens with zero attached hydrogens (tertiary/aromatic N) is 1. The standard InChI is InChI=1S/C20H31FN4O3/c1-12-10-25(11-13(2)28-12)16-7-6-14(8-15(16)21)9-23-19(27)24-17(18(22)26)20(3,4)5/h6-8,12-13,17H,9-11H2,1-5H3,(H2,22,26)(H2,23,24,27)/t12-,13-,17-/m1/s1. The Morgan fingerprint density at radius 3 is 2.39 bits per heavy atom. The lowest BCUT2D eigenvalue weighted by atomic mass is 9.86. The molecule has 0 radical (unpaired) electrons. The number of morpholine rings is 1. The van der Waals surface area contributed by atoms with Gasteiger partial charge in [-0.1, -0.05) is 26.8 Å². The van der Waals surface area contributed by atoms with Crippen LogP contribution in [0.25, 0.3) is 0 Å². The summed E-state index contributed by atoms with van der Waals surface area (Å²) in [7, 11) is 0. The van der Waals surface area contributed by atoms with Crippen molar-refractivity contribution in [1.29, 1.82) is 0 Å². The number of anilines is 1. The Hall–Kier alpha value is -2.35. The Kier molecular flexibility index (Phi) is 6.87. The molecule has 7 nitrogen and oxygen atoms in total. The molecule has 8 heteroatoms. The van der Waals surface area contributed by atoms with E-state index in [4.69, 9.17) is 10.5 Å². The van der Waals surface area contributed by atoms with Crippen molar-refractivity contribution in [3.05, 3.63) is 29.6 Å². The lowest BCUT2D eigenvalue weighted by Crippen LogP contribution is -2.54. The molecular weight excluding hydrogens is 363 g/mol. The Bertz CT molecular complexity index is 710. The number of nitrogens with two attached hydrogens (primary N) is 1. The molecule has 1 heterocycles. The van der Waals surface area contributed by atoms with Gasteiger partial charge in [0.2, 0.25) is 5.91 Å². The number of amides is 3. The highest BCUT2D eigenvalue weighted by atomic mass is 19.1. The fourth-order valence-corrected chi connectivity index (χ4v) is 3.37. The molecule has 4 N–H and O–H groups in total. The van der Waals surface area contributed by atoms with Gasteiger partial charge in [0.25, 0.3) is 0 Å². The maximum atomic E-state index is 14.6. The van der Waals surface area contributed by atoms with Gasteiger partial charge in [-0.15, -0.1) is 0 Å². The SMILES string of the molecule is C[C@@H]1CN(c2ccc(CNC(=O)N[C@H](C(N)=O)C(C)(C)C)cc2F)C[C@@H](C)O1. The first kappa shape index (κ1) is 21.9. The zero-order valence-corrected chi connectivity index (χ0v) is 17.2. The number of carbonyl (C=O) groups is 2. The summed E-state index contributed by atoms with van der Waals surface area (Å²) >= 11 is 0. The van der Waals surface area contributed by atoms with Gasteiger partial charge >= 0.3 is 6.03 Å². The molecule has 1 aliphatic rings. The normalized spacial score (nSPS) is 21.1. The van der Waals surface area contributed by atoms with E-state index in [1.165, 1.54) is 6.07 Å². The first-order chi connectivity index (χ1) is 13.0. The largest absolute Gasteiger partial charge is 0.372 e. The minimum atomic E-state index is -0.808. The van der Waals surface area contributed by atoms with Gasteiger partial charge < -0.3 is 26.0 Å². The van der Waals surface area contributed by atoms with E-state index in [9.17, 15) is 14.0 Å². The van der Waals surface area contributed by atoms with E-state index in [1.807, 2.05) is 39.5 Å². The van der Waals surface area contributed by atoms with Gasteiger partial charge in [-0.2, -0.15) is 0 Å². The smallest absolute Gasteiger partial charge is 0.315 e. The lowest BCUT2D eigenvalue weighted by molar-refractivity contribution is -0.122. The number of hydrogen-bond acceptors (Lipinski definition) is 4. The van der Waals surface area contributed by atoms with Crippen LogP contribution in [-0.4, -0.2) is 43.3 Å². The monoisotopic (exact) mass is 394 g/mol. The van der Waals surface area contributed by atoms with E-state index in [2.05, 4.69) is 10.6 Å². The number of nitrogens with one attached hydrogen (secondary N) is 2. The van der Waals surface area contributed by atoms with E-state index in [0.29, 0.717) is 24.3 Å². The van der Waals surface area contributed by atoms with Crippen molar-refractivity contribution in [2.24, 2.45) is 11.1 Å². The molecule has 3 amide bonds. The Labute approximate surface area is 165 Å². The number of rotatable bonds is 5. The predicted octanol–water partition coefficient (Wildman–Crippen LogP) is 2.14. The molecule has 2 rings (SSSR count). The van der Waals surface area contributed by atoms with E-state index in [1.54, 1.807) is 12.1 Å². The van der Waals surface area contributed by atoms with Crippen LogP contribution < -0.4 is 21.3 Å². The van der Waals surface area contributed by atoms with Gasteiger partial charge in [0.1, 0.15) is 11.9 Å². The maximum Gasteiger partial charge on any atom is 0.315 e. The van der Waals surface area contributed by atoms with Crippen molar-refractivity contribution in [2.75, 3.05) is 18.0 Å². The minimum absolute atomic E-state index is 0.0363. The zero-order chi connectivity index (χ0) is 21.1. The number of ether oxygens (including phenoxy) is 1. The van der Waals surface area contributed by atoms with Crippen LogP contribution in [0, 0.1) is 11.2 Å². The minimum Gasteiger partial charge on any atom is -0.372 e. The summed E-state index contributed by atoms with van der Waals surface area (Å²) in [6, 6.07) is 3.57. The molecule has 1 aliphatic heterocycles. The number of halogens is 1. The number of benzene rings is 1. The number of urea groups is 1. The highest BCUT2D eigenvalue weighted by Gasteiger charge is 2.31. The maximum absolute atomic E-state index is 14.6. The van der Waals surface area contributed by atoms with Gasteiger partial charge in [-0.05, 0) is 37.0 Å². The fraction of sp³-hybridized carbons (Fsp3) is 0.600. The number of primary amides is 1. The van der Waals surface area contributed by atoms with Crippen LogP contribution in [-0.2, 0) is 16.1 Å². The second-order valence-electron chi connectivity index (χ2n) is 8.48. The predicted molar refractivity (Wildman–Crippen MR) is 106 cm³/mol. The fourth-order valence-electron chi connectivity index (χ4n) is 3.37. The summed E-state index contributed by atoms with van der Waals surface area (Å²) in [5.74, 6) is -0.947. The molecule has 28 heavy (non-hydrogen) atoms. The molecule has 1 aromatic carbocycles. The summed E-state index contributed by atoms with van der Waals surface area (Å²) in [6.45, 7) is 10.8. The van der Waals surface area contributed by atoms with E-state index in [-0.39, 0.29) is 24.6 Å². The third kappa shape index (κ3) is 5.82. The quantitative estimate of drug-likeness (QED) is 0.713. The molecule has 1 aromatic rings. The first-order valence-electron chi connectivity index (χ1n) is 9.50. The summed E-state index contributed by atoms with van der Waals surface area (Å²) in [4.78, 5) is 25.6. The Morgan fingerprint density at radius 2 is 1.89 bits per heavy atom. The molecule has 0 saturated carbocycles. The van der Waals surface area contributed by atoms with Gasteiger partial charge in [0.05, 0.1) is 17.9 Å². The van der Waals surface area contributed by atoms with Crippen molar-refractivity contribution in [1.82, 2.24) is 10.6 Å². The van der Waals surface area contributed by atoms with Crippen LogP contribution in [0.5, 0.6) is 0 Å². The third-order valence-corrected chi connectivity index (χ3v) is 4.65. The molecule has 0 spiro atoms. The molecule has 0 bridgehead atoms. The highest BCUT2D eigenvalue weighted by Crippen LogP contribution is 2.24. The molecule has 1 saturated heterocycles. The van der Waals surface area contributed by atoms with Crippen LogP contribution in [0.1, 0.15) is 40.2 Å². The number of carbonyl (C=O) groups excluding carboxylic acids is 2. The van der Waals surface area contributed by atoms with Gasteiger partial charge in [0, 0.05) is 19.6 Å². The lowest BCUT2D eigenvalue weighted by Gasteiger charge is -2.37. The molecule has 0 aromatic heterocycles. The van der Waals surface area contributed by atoms with Gasteiger partial charge in [-0.25, -0.2) is 9.18 Å². The topological polar surface area (TPSA) is 96.7 Å². The molecule has 156 valence electrons.